The normalized spacial score (nSPS) is 29.9. The third kappa shape index (κ3) is 4.78. The smallest absolute Gasteiger partial charge is 0.459 e. The van der Waals surface area contributed by atoms with Gasteiger partial charge in [0, 0.05) is 7.11 Å². The van der Waals surface area contributed by atoms with Crippen molar-refractivity contribution in [3.05, 3.63) is 54.5 Å². The molecule has 0 saturated carbocycles. The Morgan fingerprint density at radius 2 is 2.05 bits per heavy atom. The molecule has 212 valence electrons. The molecule has 0 amide bonds. The highest BCUT2D eigenvalue weighted by Crippen LogP contribution is 2.54. The van der Waals surface area contributed by atoms with Crippen molar-refractivity contribution in [2.24, 2.45) is 0 Å². The SMILES string of the molecule is COC1O[C@@H]2[C@H](O1)[C@@](F)(COP(=O)(N[C@@H](C)C(=O)O)Oc1ccccc1)O[C@@]2(C#N)c1ccc2c(N)ncnn12. The first-order valence-corrected chi connectivity index (χ1v) is 13.3. The molecule has 5 rings (SSSR count). The molecule has 2 aliphatic rings. The minimum Gasteiger partial charge on any atom is -0.480 e. The molecule has 7 atom stereocenters. The van der Waals surface area contributed by atoms with Crippen LogP contribution in [0.25, 0.3) is 5.52 Å². The number of nitrogens with two attached hydrogens (primary N) is 1. The number of nitrogens with zero attached hydrogens (tertiary/aromatic N) is 4. The van der Waals surface area contributed by atoms with E-state index in [1.54, 1.807) is 18.2 Å². The molecule has 0 radical (unpaired) electrons. The maximum absolute atomic E-state index is 16.7. The summed E-state index contributed by atoms with van der Waals surface area (Å²) in [5.74, 6) is -4.21. The van der Waals surface area contributed by atoms with Crippen LogP contribution in [0.4, 0.5) is 10.2 Å². The first-order valence-electron chi connectivity index (χ1n) is 11.8. The molecule has 15 nitrogen and oxygen atoms in total. The van der Waals surface area contributed by atoms with E-state index < -0.39 is 56.5 Å². The molecule has 17 heteroatoms. The van der Waals surface area contributed by atoms with E-state index in [0.29, 0.717) is 5.52 Å². The first-order chi connectivity index (χ1) is 19.0. The van der Waals surface area contributed by atoms with Gasteiger partial charge in [-0.1, -0.05) is 18.2 Å². The van der Waals surface area contributed by atoms with Gasteiger partial charge >= 0.3 is 13.7 Å². The zero-order valence-corrected chi connectivity index (χ0v) is 21.9. The van der Waals surface area contributed by atoms with E-state index >= 15 is 4.39 Å². The van der Waals surface area contributed by atoms with Gasteiger partial charge in [-0.15, -0.1) is 0 Å². The van der Waals surface area contributed by atoms with E-state index in [0.717, 1.165) is 6.33 Å². The van der Waals surface area contributed by atoms with Crippen molar-refractivity contribution in [2.75, 3.05) is 19.5 Å². The number of fused-ring (bicyclic) bond motifs is 2. The number of nitriles is 1. The summed E-state index contributed by atoms with van der Waals surface area (Å²) in [6.45, 7) is -1.32. The summed E-state index contributed by atoms with van der Waals surface area (Å²) in [6.07, 6.45) is -1.92. The van der Waals surface area contributed by atoms with Gasteiger partial charge in [0.2, 0.25) is 5.60 Å². The Hall–Kier alpha value is -3.68. The molecular formula is C23H24FN6O9P. The maximum Gasteiger partial charge on any atom is 0.459 e. The fourth-order valence-electron chi connectivity index (χ4n) is 4.41. The molecule has 0 bridgehead atoms. The molecule has 40 heavy (non-hydrogen) atoms. The Balaban J connectivity index is 1.50. The Morgan fingerprint density at radius 3 is 2.73 bits per heavy atom. The first kappa shape index (κ1) is 27.9. The lowest BCUT2D eigenvalue weighted by Gasteiger charge is -2.30. The lowest BCUT2D eigenvalue weighted by Crippen LogP contribution is -2.43. The summed E-state index contributed by atoms with van der Waals surface area (Å²) in [7, 11) is -3.32. The monoisotopic (exact) mass is 578 g/mol. The average molecular weight is 578 g/mol. The number of anilines is 1. The van der Waals surface area contributed by atoms with E-state index in [9.17, 15) is 19.7 Å². The van der Waals surface area contributed by atoms with Crippen LogP contribution in [0.2, 0.25) is 0 Å². The quantitative estimate of drug-likeness (QED) is 0.293. The van der Waals surface area contributed by atoms with Gasteiger partial charge in [-0.25, -0.2) is 18.5 Å². The number of nitrogen functional groups attached to an aromatic ring is 1. The lowest BCUT2D eigenvalue weighted by atomic mass is 9.92. The number of hydrogen-bond donors (Lipinski definition) is 3. The second-order valence-corrected chi connectivity index (χ2v) is 10.6. The van der Waals surface area contributed by atoms with Crippen LogP contribution in [0.5, 0.6) is 5.75 Å². The molecule has 4 heterocycles. The van der Waals surface area contributed by atoms with Crippen molar-refractivity contribution in [2.45, 2.75) is 43.1 Å². The number of methoxy groups -OCH3 is 1. The molecule has 1 aromatic carbocycles. The number of para-hydroxylation sites is 1. The number of ether oxygens (including phenoxy) is 4. The van der Waals surface area contributed by atoms with Crippen LogP contribution in [-0.4, -0.2) is 70.0 Å². The molecule has 2 aliphatic heterocycles. The number of benzene rings is 1. The summed E-state index contributed by atoms with van der Waals surface area (Å²) in [5, 5.41) is 26.0. The molecule has 2 saturated heterocycles. The summed E-state index contributed by atoms with van der Waals surface area (Å²) in [4.78, 5) is 15.4. The van der Waals surface area contributed by atoms with Gasteiger partial charge in [0.15, 0.2) is 11.9 Å². The number of halogens is 1. The second kappa shape index (κ2) is 10.4. The number of hydrogen-bond acceptors (Lipinski definition) is 12. The standard InChI is InChI=1S/C23H24FN6O9P/c1-13(20(31)32)29-40(33,38-14-6-4-3-5-7-14)35-11-23(24)18-17(36-21(34-2)37-18)22(10-25,39-23)16-9-8-15-19(26)27-12-28-30(15)16/h3-9,12-13,17-18,21H,11H2,1-2H3,(H,29,33)(H,31,32)(H2,26,27,28)/t13-,17+,18-,21?,22-,23+,40?/m0/s1. The van der Waals surface area contributed by atoms with Crippen molar-refractivity contribution in [1.82, 2.24) is 19.7 Å². The van der Waals surface area contributed by atoms with Gasteiger partial charge in [-0.05, 0) is 31.2 Å². The second-order valence-electron chi connectivity index (χ2n) is 8.90. The van der Waals surface area contributed by atoms with E-state index in [-0.39, 0.29) is 17.3 Å². The highest BCUT2D eigenvalue weighted by Gasteiger charge is 2.72. The van der Waals surface area contributed by atoms with Gasteiger partial charge in [-0.3, -0.25) is 9.32 Å². The minimum absolute atomic E-state index is 0.0373. The zero-order chi connectivity index (χ0) is 28.7. The molecule has 3 aromatic rings. The number of carboxylic acid groups (broad SMARTS) is 1. The van der Waals surface area contributed by atoms with Crippen LogP contribution in [0.1, 0.15) is 12.6 Å². The van der Waals surface area contributed by atoms with E-state index in [2.05, 4.69) is 15.2 Å². The summed E-state index contributed by atoms with van der Waals surface area (Å²) in [6, 6.07) is 11.2. The van der Waals surface area contributed by atoms with Gasteiger partial charge in [-0.2, -0.15) is 15.4 Å². The maximum atomic E-state index is 16.7. The predicted octanol–water partition coefficient (Wildman–Crippen LogP) is 1.71. The van der Waals surface area contributed by atoms with Crippen LogP contribution in [0, 0.1) is 11.3 Å². The van der Waals surface area contributed by atoms with Gasteiger partial charge < -0.3 is 34.3 Å². The molecule has 2 unspecified atom stereocenters. The minimum atomic E-state index is -4.56. The molecule has 0 aliphatic carbocycles. The number of aromatic nitrogens is 3. The van der Waals surface area contributed by atoms with Crippen LogP contribution in [-0.2, 0) is 38.4 Å². The fourth-order valence-corrected chi connectivity index (χ4v) is 5.92. The summed E-state index contributed by atoms with van der Waals surface area (Å²) in [5.41, 5.74) is 4.08. The molecular weight excluding hydrogens is 554 g/mol. The Morgan fingerprint density at radius 1 is 1.32 bits per heavy atom. The van der Waals surface area contributed by atoms with Crippen LogP contribution >= 0.6 is 7.75 Å². The van der Waals surface area contributed by atoms with Gasteiger partial charge in [0.25, 0.3) is 12.3 Å². The molecule has 2 fully saturated rings. The Labute approximate surface area is 226 Å². The number of carbonyl (C=O) groups is 1. The number of aliphatic carboxylic acids is 1. The lowest BCUT2D eigenvalue weighted by molar-refractivity contribution is -0.296. The summed E-state index contributed by atoms with van der Waals surface area (Å²) < 4.78 is 64.5. The topological polar surface area (TPSA) is 202 Å². The van der Waals surface area contributed by atoms with E-state index in [1.165, 1.54) is 42.8 Å². The zero-order valence-electron chi connectivity index (χ0n) is 21.0. The van der Waals surface area contributed by atoms with Crippen molar-refractivity contribution < 1.29 is 46.9 Å². The fraction of sp³-hybridized carbons (Fsp3) is 0.391. The van der Waals surface area contributed by atoms with E-state index in [1.807, 2.05) is 6.07 Å². The molecule has 2 aromatic heterocycles. The predicted molar refractivity (Wildman–Crippen MR) is 131 cm³/mol. The highest BCUT2D eigenvalue weighted by molar-refractivity contribution is 7.52. The highest BCUT2D eigenvalue weighted by atomic mass is 31.2. The van der Waals surface area contributed by atoms with Gasteiger partial charge in [0.05, 0.1) is 5.69 Å². The van der Waals surface area contributed by atoms with Crippen molar-refractivity contribution in [1.29, 1.82) is 5.26 Å². The Kier molecular flexibility index (Phi) is 7.23. The Bertz CT molecular complexity index is 1500. The average Bonchev–Trinajstić information content (AvgIpc) is 3.63. The van der Waals surface area contributed by atoms with Crippen molar-refractivity contribution >= 4 is 25.1 Å². The van der Waals surface area contributed by atoms with Crippen molar-refractivity contribution in [3.8, 4) is 11.8 Å². The van der Waals surface area contributed by atoms with Crippen molar-refractivity contribution in [3.63, 3.8) is 0 Å². The number of rotatable bonds is 10. The largest absolute Gasteiger partial charge is 0.480 e. The van der Waals surface area contributed by atoms with Crippen LogP contribution in [0.15, 0.2) is 48.8 Å². The van der Waals surface area contributed by atoms with Crippen LogP contribution in [0.3, 0.4) is 0 Å². The third-order valence-electron chi connectivity index (χ3n) is 6.29. The number of carboxylic acids is 1. The third-order valence-corrected chi connectivity index (χ3v) is 7.91. The van der Waals surface area contributed by atoms with Crippen LogP contribution < -0.4 is 15.3 Å². The number of alkyl halides is 1. The molecule has 0 spiro atoms. The van der Waals surface area contributed by atoms with Gasteiger partial charge in [0.1, 0.15) is 42.4 Å². The number of nitrogens with one attached hydrogen (secondary N) is 1. The summed E-state index contributed by atoms with van der Waals surface area (Å²) >= 11 is 0. The van der Waals surface area contributed by atoms with E-state index in [4.69, 9.17) is 33.7 Å². The molecule has 4 N–H and O–H groups in total.